The van der Waals surface area contributed by atoms with E-state index in [0.717, 1.165) is 9.47 Å². The van der Waals surface area contributed by atoms with E-state index in [1.54, 1.807) is 4.74 Å². The van der Waals surface area contributed by atoms with Crippen molar-refractivity contribution >= 4 is 0 Å². The van der Waals surface area contributed by atoms with Crippen LogP contribution in [0.25, 0.3) is 0 Å². The predicted molar refractivity (Wildman–Crippen MR) is 81.1 cm³/mol. The van der Waals surface area contributed by atoms with E-state index in [0.29, 0.717) is 0 Å². The van der Waals surface area contributed by atoms with Crippen LogP contribution in [0.3, 0.4) is 0 Å². The minimum atomic E-state index is -8.49. The smallest absolute Gasteiger partial charge is 0.260 e. The SMILES string of the molecule is CC(F)(F)C(F)(F)OC(F)(F)OC(F)(F)C(F)(OC(F)(F)C(F)(F)OC(F)(F)C(F)(F)C(F)(F)OC(F)(F)C(C)(F)F)C(F)(F)F. The zero-order valence-electron chi connectivity index (χ0n) is 20.4. The van der Waals surface area contributed by atoms with E-state index in [4.69, 9.17) is 0 Å². The molecule has 0 saturated carbocycles. The Labute approximate surface area is 232 Å². The molecule has 0 amide bonds. The number of halogens is 26. The maximum atomic E-state index is 14.0. The average Bonchev–Trinajstić information content (AvgIpc) is 2.66. The summed E-state index contributed by atoms with van der Waals surface area (Å²) < 4.78 is 348. The van der Waals surface area contributed by atoms with Crippen molar-refractivity contribution in [1.82, 2.24) is 0 Å². The molecule has 0 bridgehead atoms. The van der Waals surface area contributed by atoms with Gasteiger partial charge in [0.1, 0.15) is 0 Å². The Morgan fingerprint density at radius 2 is 0.543 bits per heavy atom. The fourth-order valence-electron chi connectivity index (χ4n) is 1.76. The van der Waals surface area contributed by atoms with Crippen molar-refractivity contribution in [3.05, 3.63) is 0 Å². The number of alkyl halides is 26. The Balaban J connectivity index is 6.69. The quantitative estimate of drug-likeness (QED) is 0.116. The third-order valence-electron chi connectivity index (χ3n) is 4.11. The Kier molecular flexibility index (Phi) is 11.0. The zero-order chi connectivity index (χ0) is 38.0. The Morgan fingerprint density at radius 3 is 0.848 bits per heavy atom. The van der Waals surface area contributed by atoms with Gasteiger partial charge in [-0.15, -0.1) is 8.78 Å². The summed E-state index contributed by atoms with van der Waals surface area (Å²) in [6.07, 6.45) is -71.0. The van der Waals surface area contributed by atoms with E-state index >= 15 is 0 Å². The van der Waals surface area contributed by atoms with Crippen molar-refractivity contribution in [3.8, 4) is 0 Å². The molecule has 0 aromatic carbocycles. The van der Waals surface area contributed by atoms with Crippen LogP contribution < -0.4 is 0 Å². The van der Waals surface area contributed by atoms with Crippen LogP contribution >= 0.6 is 0 Å². The van der Waals surface area contributed by atoms with Crippen LogP contribution in [0.15, 0.2) is 0 Å². The summed E-state index contributed by atoms with van der Waals surface area (Å²) in [5, 5.41) is 0. The minimum Gasteiger partial charge on any atom is -0.260 e. The summed E-state index contributed by atoms with van der Waals surface area (Å²) >= 11 is 0. The maximum absolute atomic E-state index is 14.0. The fourth-order valence-corrected chi connectivity index (χ4v) is 1.76. The van der Waals surface area contributed by atoms with Crippen LogP contribution in [0.2, 0.25) is 0 Å². The minimum absolute atomic E-state index is 1.06. The lowest BCUT2D eigenvalue weighted by Gasteiger charge is -2.40. The first-order valence-electron chi connectivity index (χ1n) is 9.70. The van der Waals surface area contributed by atoms with E-state index in [9.17, 15) is 114 Å². The molecule has 278 valence electrons. The average molecular weight is 760 g/mol. The molecule has 0 aliphatic carbocycles. The lowest BCUT2D eigenvalue weighted by atomic mass is 10.2. The van der Waals surface area contributed by atoms with Crippen LogP contribution in [0, 0.1) is 0 Å². The summed E-state index contributed by atoms with van der Waals surface area (Å²) in [6.45, 7) is -2.22. The molecule has 0 aliphatic rings. The second-order valence-electron chi connectivity index (χ2n) is 8.04. The van der Waals surface area contributed by atoms with Crippen molar-refractivity contribution in [2.24, 2.45) is 0 Å². The van der Waals surface area contributed by atoms with Gasteiger partial charge in [0, 0.05) is 13.8 Å². The number of hydrogen-bond donors (Lipinski definition) is 0. The molecule has 0 rings (SSSR count). The van der Waals surface area contributed by atoms with Crippen molar-refractivity contribution in [1.29, 1.82) is 0 Å². The first kappa shape index (κ1) is 44.0. The van der Waals surface area contributed by atoms with Crippen molar-refractivity contribution in [2.45, 2.75) is 92.7 Å². The molecule has 31 heteroatoms. The predicted octanol–water partition coefficient (Wildman–Crippen LogP) is 8.94. The highest BCUT2D eigenvalue weighted by molar-refractivity contribution is 4.92. The molecule has 0 heterocycles. The molecule has 1 unspecified atom stereocenters. The molecule has 0 aromatic heterocycles. The molecular weight excluding hydrogens is 754 g/mol. The van der Waals surface area contributed by atoms with E-state index in [1.165, 1.54) is 9.47 Å². The molecule has 0 saturated heterocycles. The molecule has 0 N–H and O–H groups in total. The van der Waals surface area contributed by atoms with Crippen LogP contribution in [0.4, 0.5) is 114 Å². The largest absolute Gasteiger partial charge is 0.495 e. The van der Waals surface area contributed by atoms with Crippen LogP contribution in [0.1, 0.15) is 13.8 Å². The first-order chi connectivity index (χ1) is 19.3. The van der Waals surface area contributed by atoms with E-state index in [2.05, 4.69) is 0 Å². The highest BCUT2D eigenvalue weighted by Crippen LogP contribution is 2.57. The zero-order valence-corrected chi connectivity index (χ0v) is 20.4. The normalized spacial score (nSPS) is 17.7. The summed E-state index contributed by atoms with van der Waals surface area (Å²) in [5.41, 5.74) is 0. The number of ether oxygens (including phenoxy) is 5. The molecule has 0 spiro atoms. The van der Waals surface area contributed by atoms with Crippen molar-refractivity contribution in [2.75, 3.05) is 0 Å². The molecular formula is C15H6F26O5. The fraction of sp³-hybridized carbons (Fsp3) is 1.00. The van der Waals surface area contributed by atoms with Gasteiger partial charge in [0.2, 0.25) is 0 Å². The molecule has 46 heavy (non-hydrogen) atoms. The Morgan fingerprint density at radius 1 is 0.283 bits per heavy atom. The van der Waals surface area contributed by atoms with Gasteiger partial charge in [-0.25, -0.2) is 18.9 Å². The number of rotatable bonds is 16. The third kappa shape index (κ3) is 8.52. The standard InChI is InChI=1S/C15H6F26O5/c1-3(16,17)8(26,27)43-10(30,31)5(20,21)11(32,33)44-14(38,39)13(36,37)42-6(22,7(23,24)25)12(34,35)46-15(40,41)45-9(28,29)4(2,18)19/h1-2H3. The highest BCUT2D eigenvalue weighted by atomic mass is 19.4. The first-order valence-corrected chi connectivity index (χ1v) is 9.70. The maximum Gasteiger partial charge on any atom is 0.495 e. The van der Waals surface area contributed by atoms with Gasteiger partial charge >= 0.3 is 78.9 Å². The van der Waals surface area contributed by atoms with Gasteiger partial charge in [0.05, 0.1) is 0 Å². The van der Waals surface area contributed by atoms with Crippen molar-refractivity contribution < 1.29 is 138 Å². The van der Waals surface area contributed by atoms with Gasteiger partial charge in [-0.05, 0) is 0 Å². The summed E-state index contributed by atoms with van der Waals surface area (Å²) in [6, 6.07) is 0. The summed E-state index contributed by atoms with van der Waals surface area (Å²) in [4.78, 5) is 0. The van der Waals surface area contributed by atoms with Crippen LogP contribution in [-0.4, -0.2) is 78.9 Å². The van der Waals surface area contributed by atoms with Gasteiger partial charge in [-0.1, -0.05) is 0 Å². The van der Waals surface area contributed by atoms with Gasteiger partial charge in [-0.2, -0.15) is 105 Å². The molecule has 1 atom stereocenters. The third-order valence-corrected chi connectivity index (χ3v) is 4.11. The van der Waals surface area contributed by atoms with E-state index < -0.39 is 92.7 Å². The molecule has 5 nitrogen and oxygen atoms in total. The number of hydrogen-bond acceptors (Lipinski definition) is 5. The van der Waals surface area contributed by atoms with Gasteiger partial charge < -0.3 is 0 Å². The van der Waals surface area contributed by atoms with Crippen molar-refractivity contribution in [3.63, 3.8) is 0 Å². The monoisotopic (exact) mass is 760 g/mol. The molecule has 0 radical (unpaired) electrons. The lowest BCUT2D eigenvalue weighted by molar-refractivity contribution is -0.597. The summed E-state index contributed by atoms with van der Waals surface area (Å²) in [5.74, 6) is -28.8. The summed E-state index contributed by atoms with van der Waals surface area (Å²) in [7, 11) is 0. The molecule has 0 fully saturated rings. The Bertz CT molecular complexity index is 1060. The van der Waals surface area contributed by atoms with Crippen LogP contribution in [-0.2, 0) is 23.7 Å². The van der Waals surface area contributed by atoms with Gasteiger partial charge in [-0.3, -0.25) is 4.74 Å². The lowest BCUT2D eigenvalue weighted by Crippen LogP contribution is -2.67. The van der Waals surface area contributed by atoms with Gasteiger partial charge in [0.25, 0.3) is 0 Å². The molecule has 0 aromatic rings. The highest BCUT2D eigenvalue weighted by Gasteiger charge is 2.85. The Hall–Kier alpha value is -2.02. The van der Waals surface area contributed by atoms with E-state index in [-0.39, 0.29) is 0 Å². The second-order valence-corrected chi connectivity index (χ2v) is 8.04. The second kappa shape index (κ2) is 11.6. The molecule has 0 aliphatic heterocycles. The topological polar surface area (TPSA) is 46.2 Å². The van der Waals surface area contributed by atoms with Crippen LogP contribution in [0.5, 0.6) is 0 Å². The van der Waals surface area contributed by atoms with Gasteiger partial charge in [0.15, 0.2) is 0 Å². The van der Waals surface area contributed by atoms with E-state index in [1.807, 2.05) is 0 Å².